The number of hydrogen-bond acceptors (Lipinski definition) is 5. The Labute approximate surface area is 125 Å². The number of ketones is 1. The molecule has 21 heavy (non-hydrogen) atoms. The van der Waals surface area contributed by atoms with Gasteiger partial charge in [-0.1, -0.05) is 24.3 Å². The lowest BCUT2D eigenvalue weighted by Crippen LogP contribution is -2.30. The largest absolute Gasteiger partial charge is 0.459 e. The summed E-state index contributed by atoms with van der Waals surface area (Å²) in [4.78, 5) is 23.6. The molecule has 116 valence electrons. The first-order valence-electron chi connectivity index (χ1n) is 6.51. The van der Waals surface area contributed by atoms with E-state index < -0.39 is 38.7 Å². The van der Waals surface area contributed by atoms with Crippen molar-refractivity contribution in [2.45, 2.75) is 33.3 Å². The summed E-state index contributed by atoms with van der Waals surface area (Å²) in [7, 11) is -3.84. The molecule has 0 aliphatic heterocycles. The number of benzene rings is 1. The maximum Gasteiger partial charge on any atom is 0.321 e. The number of carbonyl (C=O) groups is 2. The molecule has 0 radical (unpaired) electrons. The predicted molar refractivity (Wildman–Crippen MR) is 80.0 cm³/mol. The van der Waals surface area contributed by atoms with E-state index in [1.807, 2.05) is 0 Å². The average Bonchev–Trinajstić information content (AvgIpc) is 2.24. The van der Waals surface area contributed by atoms with E-state index in [9.17, 15) is 18.0 Å². The van der Waals surface area contributed by atoms with Crippen molar-refractivity contribution < 1.29 is 22.7 Å². The standard InChI is InChI=1S/C15H20O5S/c1-11-7-5-6-8-12(11)13(16)9-21(18,19)10-14(17)20-15(2,3)4/h5-8H,9-10H2,1-4H3. The molecule has 0 saturated heterocycles. The summed E-state index contributed by atoms with van der Waals surface area (Å²) >= 11 is 0. The number of esters is 1. The molecule has 6 heteroatoms. The number of Topliss-reactive ketones (excluding diaryl/α,β-unsaturated/α-hetero) is 1. The van der Waals surface area contributed by atoms with Crippen LogP contribution in [0, 0.1) is 6.92 Å². The van der Waals surface area contributed by atoms with Gasteiger partial charge in [0.2, 0.25) is 0 Å². The molecule has 0 amide bonds. The topological polar surface area (TPSA) is 77.5 Å². The highest BCUT2D eigenvalue weighted by molar-refractivity contribution is 7.92. The van der Waals surface area contributed by atoms with E-state index in [0.29, 0.717) is 11.1 Å². The molecule has 0 unspecified atom stereocenters. The van der Waals surface area contributed by atoms with E-state index >= 15 is 0 Å². The molecule has 5 nitrogen and oxygen atoms in total. The van der Waals surface area contributed by atoms with E-state index in [0.717, 1.165) is 0 Å². The zero-order valence-electron chi connectivity index (χ0n) is 12.7. The van der Waals surface area contributed by atoms with Gasteiger partial charge in [-0.25, -0.2) is 8.42 Å². The minimum atomic E-state index is -3.84. The lowest BCUT2D eigenvalue weighted by Gasteiger charge is -2.19. The first-order valence-corrected chi connectivity index (χ1v) is 8.33. The molecule has 0 aliphatic rings. The second kappa shape index (κ2) is 6.39. The predicted octanol–water partition coefficient (Wildman–Crippen LogP) is 1.93. The van der Waals surface area contributed by atoms with Gasteiger partial charge < -0.3 is 4.74 Å². The van der Waals surface area contributed by atoms with Gasteiger partial charge in [0.25, 0.3) is 0 Å². The summed E-state index contributed by atoms with van der Waals surface area (Å²) in [6, 6.07) is 6.73. The Morgan fingerprint density at radius 3 is 2.19 bits per heavy atom. The van der Waals surface area contributed by atoms with E-state index in [1.54, 1.807) is 52.0 Å². The third-order valence-corrected chi connectivity index (χ3v) is 3.93. The number of hydrogen-bond donors (Lipinski definition) is 0. The van der Waals surface area contributed by atoms with Crippen LogP contribution in [0.25, 0.3) is 0 Å². The van der Waals surface area contributed by atoms with Gasteiger partial charge in [-0.2, -0.15) is 0 Å². The molecular formula is C15H20O5S. The number of rotatable bonds is 5. The van der Waals surface area contributed by atoms with Crippen LogP contribution in [0.4, 0.5) is 0 Å². The Hall–Kier alpha value is -1.69. The highest BCUT2D eigenvalue weighted by Crippen LogP contribution is 2.11. The third kappa shape index (κ3) is 6.08. The minimum absolute atomic E-state index is 0.352. The Morgan fingerprint density at radius 1 is 1.10 bits per heavy atom. The summed E-state index contributed by atoms with van der Waals surface area (Å²) in [5.41, 5.74) is 0.298. The second-order valence-corrected chi connectivity index (χ2v) is 7.92. The summed E-state index contributed by atoms with van der Waals surface area (Å²) < 4.78 is 28.8. The van der Waals surface area contributed by atoms with Crippen molar-refractivity contribution in [2.24, 2.45) is 0 Å². The minimum Gasteiger partial charge on any atom is -0.459 e. The fourth-order valence-electron chi connectivity index (χ4n) is 1.76. The van der Waals surface area contributed by atoms with Gasteiger partial charge in [0, 0.05) is 5.56 Å². The van der Waals surface area contributed by atoms with Crippen molar-refractivity contribution in [3.63, 3.8) is 0 Å². The Bertz CT molecular complexity index is 638. The van der Waals surface area contributed by atoms with Crippen LogP contribution >= 0.6 is 0 Å². The SMILES string of the molecule is Cc1ccccc1C(=O)CS(=O)(=O)CC(=O)OC(C)(C)C. The molecule has 1 aromatic carbocycles. The molecule has 1 aromatic rings. The van der Waals surface area contributed by atoms with Crippen molar-refractivity contribution >= 4 is 21.6 Å². The molecule has 0 aliphatic carbocycles. The highest BCUT2D eigenvalue weighted by atomic mass is 32.2. The number of sulfone groups is 1. The van der Waals surface area contributed by atoms with Gasteiger partial charge in [0.15, 0.2) is 15.6 Å². The second-order valence-electron chi connectivity index (χ2n) is 5.86. The fourth-order valence-corrected chi connectivity index (χ4v) is 2.84. The van der Waals surface area contributed by atoms with Gasteiger partial charge in [-0.15, -0.1) is 0 Å². The highest BCUT2D eigenvalue weighted by Gasteiger charge is 2.25. The normalized spacial score (nSPS) is 12.0. The van der Waals surface area contributed by atoms with Crippen molar-refractivity contribution in [3.8, 4) is 0 Å². The zero-order valence-corrected chi connectivity index (χ0v) is 13.5. The van der Waals surface area contributed by atoms with Gasteiger partial charge in [0.1, 0.15) is 17.1 Å². The average molecular weight is 312 g/mol. The molecule has 0 bridgehead atoms. The van der Waals surface area contributed by atoms with Crippen LogP contribution in [0.1, 0.15) is 36.7 Å². The third-order valence-electron chi connectivity index (χ3n) is 2.55. The van der Waals surface area contributed by atoms with Crippen LogP contribution < -0.4 is 0 Å². The van der Waals surface area contributed by atoms with Crippen LogP contribution in [0.3, 0.4) is 0 Å². The van der Waals surface area contributed by atoms with Crippen LogP contribution in [-0.4, -0.2) is 37.3 Å². The summed E-state index contributed by atoms with van der Waals surface area (Å²) in [5.74, 6) is -2.85. The maximum absolute atomic E-state index is 12.0. The molecule has 0 N–H and O–H groups in total. The van der Waals surface area contributed by atoms with E-state index in [2.05, 4.69) is 0 Å². The van der Waals surface area contributed by atoms with Crippen LogP contribution in [-0.2, 0) is 19.4 Å². The quantitative estimate of drug-likeness (QED) is 0.613. The van der Waals surface area contributed by atoms with E-state index in [1.165, 1.54) is 0 Å². The fraction of sp³-hybridized carbons (Fsp3) is 0.467. The molecule has 0 saturated carbocycles. The number of carbonyl (C=O) groups excluding carboxylic acids is 2. The van der Waals surface area contributed by atoms with Gasteiger partial charge >= 0.3 is 5.97 Å². The lowest BCUT2D eigenvalue weighted by atomic mass is 10.1. The molecule has 1 rings (SSSR count). The Morgan fingerprint density at radius 2 is 1.67 bits per heavy atom. The molecule has 0 heterocycles. The summed E-state index contributed by atoms with van der Waals surface area (Å²) in [6.45, 7) is 6.68. The van der Waals surface area contributed by atoms with Crippen molar-refractivity contribution in [3.05, 3.63) is 35.4 Å². The summed E-state index contributed by atoms with van der Waals surface area (Å²) in [6.07, 6.45) is 0. The first-order chi connectivity index (χ1) is 9.50. The van der Waals surface area contributed by atoms with E-state index in [4.69, 9.17) is 4.74 Å². The Kier molecular flexibility index (Phi) is 5.28. The van der Waals surface area contributed by atoms with Gasteiger partial charge in [-0.3, -0.25) is 9.59 Å². The van der Waals surface area contributed by atoms with Gasteiger partial charge in [0.05, 0.1) is 0 Å². The molecule has 0 fully saturated rings. The monoisotopic (exact) mass is 312 g/mol. The van der Waals surface area contributed by atoms with Crippen LogP contribution in [0.2, 0.25) is 0 Å². The smallest absolute Gasteiger partial charge is 0.321 e. The van der Waals surface area contributed by atoms with E-state index in [-0.39, 0.29) is 0 Å². The number of aryl methyl sites for hydroxylation is 1. The number of ether oxygens (including phenoxy) is 1. The lowest BCUT2D eigenvalue weighted by molar-refractivity contribution is -0.151. The van der Waals surface area contributed by atoms with Crippen molar-refractivity contribution in [1.29, 1.82) is 0 Å². The maximum atomic E-state index is 12.0. The summed E-state index contributed by atoms with van der Waals surface area (Å²) in [5, 5.41) is 0. The molecule has 0 spiro atoms. The van der Waals surface area contributed by atoms with Crippen molar-refractivity contribution in [2.75, 3.05) is 11.5 Å². The molecule has 0 atom stereocenters. The van der Waals surface area contributed by atoms with Crippen LogP contribution in [0.5, 0.6) is 0 Å². The Balaban J connectivity index is 2.75. The van der Waals surface area contributed by atoms with Gasteiger partial charge in [-0.05, 0) is 33.3 Å². The van der Waals surface area contributed by atoms with Crippen LogP contribution in [0.15, 0.2) is 24.3 Å². The first kappa shape index (κ1) is 17.4. The zero-order chi connectivity index (χ0) is 16.3. The molecule has 0 aromatic heterocycles. The van der Waals surface area contributed by atoms with Crippen molar-refractivity contribution in [1.82, 2.24) is 0 Å². The molecular weight excluding hydrogens is 292 g/mol.